The molecule has 1 aromatic carbocycles. The first kappa shape index (κ1) is 27.8. The quantitative estimate of drug-likeness (QED) is 0.266. The molecule has 186 valence electrons. The van der Waals surface area contributed by atoms with E-state index in [0.717, 1.165) is 23.7 Å². The van der Waals surface area contributed by atoms with E-state index in [1.165, 1.54) is 6.92 Å². The Morgan fingerprint density at radius 3 is 2.18 bits per heavy atom. The molecule has 1 aromatic rings. The number of unbranched alkanes of at least 4 members (excludes halogenated alkanes) is 2. The highest BCUT2D eigenvalue weighted by Crippen LogP contribution is 2.36. The van der Waals surface area contributed by atoms with Gasteiger partial charge in [-0.05, 0) is 77.7 Å². The Kier molecular flexibility index (Phi) is 9.15. The van der Waals surface area contributed by atoms with Crippen molar-refractivity contribution in [2.75, 3.05) is 19.5 Å². The second-order valence-corrected chi connectivity index (χ2v) is 12.3. The van der Waals surface area contributed by atoms with Crippen molar-refractivity contribution < 1.29 is 32.5 Å². The van der Waals surface area contributed by atoms with Crippen LogP contribution in [0.4, 0.5) is 0 Å². The molecular weight excluding hydrogens is 445 g/mol. The SMILES string of the molecule is CC1(C)OB(c2ccc(CC[C@](C)(C(=O)NOCCCCCO)S(C)(=O)=O)cc2)OC1(C)C. The monoisotopic (exact) mass is 483 g/mol. The smallest absolute Gasteiger partial charge is 0.399 e. The number of hydroxylamine groups is 1. The van der Waals surface area contributed by atoms with Crippen molar-refractivity contribution in [2.45, 2.75) is 82.7 Å². The normalized spacial score (nSPS) is 19.3. The van der Waals surface area contributed by atoms with E-state index in [1.54, 1.807) is 0 Å². The summed E-state index contributed by atoms with van der Waals surface area (Å²) in [6.45, 7) is 9.77. The summed E-state index contributed by atoms with van der Waals surface area (Å²) in [4.78, 5) is 17.9. The Morgan fingerprint density at radius 1 is 1.09 bits per heavy atom. The first-order valence-corrected chi connectivity index (χ1v) is 13.3. The zero-order valence-corrected chi connectivity index (χ0v) is 21.5. The molecular formula is C23H38BNO7S. The third-order valence-electron chi connectivity index (χ3n) is 6.76. The van der Waals surface area contributed by atoms with E-state index in [0.29, 0.717) is 19.3 Å². The summed E-state index contributed by atoms with van der Waals surface area (Å²) < 4.78 is 35.4. The molecule has 33 heavy (non-hydrogen) atoms. The van der Waals surface area contributed by atoms with Crippen LogP contribution in [0.5, 0.6) is 0 Å². The number of carbonyl (C=O) groups is 1. The lowest BCUT2D eigenvalue weighted by atomic mass is 9.78. The van der Waals surface area contributed by atoms with Gasteiger partial charge < -0.3 is 14.4 Å². The Labute approximate surface area is 198 Å². The molecule has 0 aromatic heterocycles. The molecule has 8 nitrogen and oxygen atoms in total. The highest BCUT2D eigenvalue weighted by Gasteiger charge is 2.51. The lowest BCUT2D eigenvalue weighted by molar-refractivity contribution is -0.136. The van der Waals surface area contributed by atoms with Gasteiger partial charge in [0.2, 0.25) is 0 Å². The minimum absolute atomic E-state index is 0.107. The van der Waals surface area contributed by atoms with E-state index < -0.39 is 38.8 Å². The van der Waals surface area contributed by atoms with Crippen LogP contribution in [0.1, 0.15) is 65.9 Å². The Morgan fingerprint density at radius 2 is 1.67 bits per heavy atom. The molecule has 0 bridgehead atoms. The van der Waals surface area contributed by atoms with Crippen molar-refractivity contribution in [3.8, 4) is 0 Å². The molecule has 1 fully saturated rings. The number of aliphatic hydroxyl groups is 1. The molecule has 0 unspecified atom stereocenters. The second-order valence-electron chi connectivity index (χ2n) is 9.90. The van der Waals surface area contributed by atoms with Crippen molar-refractivity contribution in [2.24, 2.45) is 0 Å². The number of rotatable bonds is 12. The van der Waals surface area contributed by atoms with Gasteiger partial charge in [0, 0.05) is 12.9 Å². The number of amides is 1. The van der Waals surface area contributed by atoms with Crippen molar-refractivity contribution in [1.82, 2.24) is 5.48 Å². The first-order valence-electron chi connectivity index (χ1n) is 11.4. The Bertz CT molecular complexity index is 886. The molecule has 1 atom stereocenters. The maximum atomic E-state index is 12.7. The molecule has 1 aliphatic heterocycles. The van der Waals surface area contributed by atoms with Gasteiger partial charge in [-0.15, -0.1) is 0 Å². The maximum Gasteiger partial charge on any atom is 0.494 e. The van der Waals surface area contributed by atoms with Crippen LogP contribution >= 0.6 is 0 Å². The fraction of sp³-hybridized carbons (Fsp3) is 0.696. The zero-order chi connectivity index (χ0) is 24.9. The molecule has 1 aliphatic rings. The van der Waals surface area contributed by atoms with Crippen molar-refractivity contribution in [3.05, 3.63) is 29.8 Å². The maximum absolute atomic E-state index is 12.7. The topological polar surface area (TPSA) is 111 Å². The first-order chi connectivity index (χ1) is 15.2. The summed E-state index contributed by atoms with van der Waals surface area (Å²) in [6.07, 6.45) is 3.66. The predicted octanol–water partition coefficient (Wildman–Crippen LogP) is 1.93. The average Bonchev–Trinajstić information content (AvgIpc) is 2.95. The minimum atomic E-state index is -3.70. The highest BCUT2D eigenvalue weighted by molar-refractivity contribution is 7.92. The molecule has 1 saturated heterocycles. The van der Waals surface area contributed by atoms with Gasteiger partial charge >= 0.3 is 7.12 Å². The number of aryl methyl sites for hydroxylation is 1. The van der Waals surface area contributed by atoms with Gasteiger partial charge in [0.05, 0.1) is 17.8 Å². The summed E-state index contributed by atoms with van der Waals surface area (Å²) in [7, 11) is -4.16. The molecule has 1 heterocycles. The van der Waals surface area contributed by atoms with E-state index in [9.17, 15) is 13.2 Å². The fourth-order valence-electron chi connectivity index (χ4n) is 3.36. The average molecular weight is 483 g/mol. The predicted molar refractivity (Wildman–Crippen MR) is 129 cm³/mol. The number of aliphatic hydroxyl groups excluding tert-OH is 1. The van der Waals surface area contributed by atoms with E-state index in [4.69, 9.17) is 19.3 Å². The van der Waals surface area contributed by atoms with Gasteiger partial charge in [0.25, 0.3) is 5.91 Å². The van der Waals surface area contributed by atoms with E-state index >= 15 is 0 Å². The van der Waals surface area contributed by atoms with Crippen LogP contribution in [-0.4, -0.2) is 62.0 Å². The highest BCUT2D eigenvalue weighted by atomic mass is 32.2. The van der Waals surface area contributed by atoms with Crippen LogP contribution in [0.3, 0.4) is 0 Å². The fourth-order valence-corrected chi connectivity index (χ4v) is 4.21. The van der Waals surface area contributed by atoms with Crippen LogP contribution < -0.4 is 10.9 Å². The molecule has 1 amide bonds. The van der Waals surface area contributed by atoms with E-state index in [1.807, 2.05) is 52.0 Å². The largest absolute Gasteiger partial charge is 0.494 e. The van der Waals surface area contributed by atoms with Crippen LogP contribution in [-0.2, 0) is 35.2 Å². The standard InChI is InChI=1S/C23H38BNO7S/c1-21(2)22(3,4)32-24(31-21)19-12-10-18(11-13-19)14-15-23(5,33(6,28)29)20(27)25-30-17-9-7-8-16-26/h10-13,26H,7-9,14-17H2,1-6H3,(H,25,27)/t23-/m1/s1. The number of sulfone groups is 1. The number of hydrogen-bond acceptors (Lipinski definition) is 7. The molecule has 0 aliphatic carbocycles. The van der Waals surface area contributed by atoms with E-state index in [2.05, 4.69) is 5.48 Å². The van der Waals surface area contributed by atoms with Crippen molar-refractivity contribution >= 4 is 28.3 Å². The molecule has 2 N–H and O–H groups in total. The summed E-state index contributed by atoms with van der Waals surface area (Å²) in [6, 6.07) is 7.62. The lowest BCUT2D eigenvalue weighted by Crippen LogP contribution is -2.50. The second kappa shape index (κ2) is 10.9. The number of hydrogen-bond donors (Lipinski definition) is 2. The molecule has 2 rings (SSSR count). The van der Waals surface area contributed by atoms with Gasteiger partial charge in [-0.1, -0.05) is 24.3 Å². The number of benzene rings is 1. The molecule has 0 radical (unpaired) electrons. The number of carbonyl (C=O) groups excluding carboxylic acids is 1. The summed E-state index contributed by atoms with van der Waals surface area (Å²) in [5.74, 6) is -0.680. The summed E-state index contributed by atoms with van der Waals surface area (Å²) in [5.41, 5.74) is 3.22. The van der Waals surface area contributed by atoms with Gasteiger partial charge in [0.1, 0.15) is 4.75 Å². The van der Waals surface area contributed by atoms with Crippen molar-refractivity contribution in [3.63, 3.8) is 0 Å². The molecule has 10 heteroatoms. The van der Waals surface area contributed by atoms with Crippen LogP contribution in [0.15, 0.2) is 24.3 Å². The molecule has 0 spiro atoms. The van der Waals surface area contributed by atoms with Gasteiger partial charge in [-0.3, -0.25) is 9.63 Å². The lowest BCUT2D eigenvalue weighted by Gasteiger charge is -2.32. The minimum Gasteiger partial charge on any atom is -0.399 e. The van der Waals surface area contributed by atoms with Crippen molar-refractivity contribution in [1.29, 1.82) is 0 Å². The Hall–Kier alpha value is -1.46. The summed E-state index contributed by atoms with van der Waals surface area (Å²) >= 11 is 0. The molecule has 0 saturated carbocycles. The number of nitrogens with one attached hydrogen (secondary N) is 1. The van der Waals surface area contributed by atoms with Crippen LogP contribution in [0.2, 0.25) is 0 Å². The van der Waals surface area contributed by atoms with Gasteiger partial charge in [-0.25, -0.2) is 13.9 Å². The van der Waals surface area contributed by atoms with Gasteiger partial charge in [0.15, 0.2) is 9.84 Å². The third-order valence-corrected chi connectivity index (χ3v) is 8.79. The summed E-state index contributed by atoms with van der Waals surface area (Å²) in [5, 5.41) is 8.78. The Balaban J connectivity index is 1.98. The van der Waals surface area contributed by atoms with Gasteiger partial charge in [-0.2, -0.15) is 0 Å². The van der Waals surface area contributed by atoms with E-state index in [-0.39, 0.29) is 19.6 Å². The zero-order valence-electron chi connectivity index (χ0n) is 20.6. The third kappa shape index (κ3) is 6.79. The van der Waals surface area contributed by atoms with Crippen LogP contribution in [0, 0.1) is 0 Å². The van der Waals surface area contributed by atoms with Crippen LogP contribution in [0.25, 0.3) is 0 Å².